The lowest BCUT2D eigenvalue weighted by Crippen LogP contribution is -2.55. The fraction of sp³-hybridized carbons (Fsp3) is 0.500. The maximum Gasteiger partial charge on any atom is 0.430 e. The Bertz CT molecular complexity index is 616. The molecule has 0 radical (unpaired) electrons. The lowest BCUT2D eigenvalue weighted by Gasteiger charge is -2.36. The summed E-state index contributed by atoms with van der Waals surface area (Å²) in [4.78, 5) is 0. The van der Waals surface area contributed by atoms with Gasteiger partial charge in [0.2, 0.25) is 0 Å². The van der Waals surface area contributed by atoms with E-state index < -0.39 is 58.8 Å². The zero-order valence-corrected chi connectivity index (χ0v) is 12.2. The van der Waals surface area contributed by atoms with Crippen molar-refractivity contribution in [2.24, 2.45) is 0 Å². The Labute approximate surface area is 141 Å². The van der Waals surface area contributed by atoms with Gasteiger partial charge in [0, 0.05) is 16.8 Å². The molecule has 15 heteroatoms. The van der Waals surface area contributed by atoms with E-state index in [0.29, 0.717) is 0 Å². The van der Waals surface area contributed by atoms with Crippen LogP contribution in [0.1, 0.15) is 11.1 Å². The van der Waals surface area contributed by atoms with E-state index >= 15 is 0 Å². The van der Waals surface area contributed by atoms with Crippen LogP contribution < -0.4 is 5.73 Å². The third kappa shape index (κ3) is 3.49. The normalized spacial score (nSPS) is 15.2. The van der Waals surface area contributed by atoms with Crippen molar-refractivity contribution in [3.63, 3.8) is 0 Å². The molecule has 0 aliphatic rings. The van der Waals surface area contributed by atoms with Crippen molar-refractivity contribution in [2.45, 2.75) is 35.9 Å². The van der Waals surface area contributed by atoms with Crippen LogP contribution in [0.2, 0.25) is 0 Å². The molecule has 0 heterocycles. The molecule has 0 saturated carbocycles. The number of hydrogen-bond acceptors (Lipinski definition) is 3. The highest BCUT2D eigenvalue weighted by molar-refractivity contribution is 5.50. The Morgan fingerprint density at radius 2 is 0.741 bits per heavy atom. The van der Waals surface area contributed by atoms with E-state index in [4.69, 9.17) is 15.9 Å². The maximum atomic E-state index is 12.8. The van der Waals surface area contributed by atoms with Gasteiger partial charge >= 0.3 is 24.7 Å². The van der Waals surface area contributed by atoms with Crippen molar-refractivity contribution in [3.8, 4) is 0 Å². The first-order chi connectivity index (χ1) is 11.6. The summed E-state index contributed by atoms with van der Waals surface area (Å²) >= 11 is 0. The lowest BCUT2D eigenvalue weighted by atomic mass is 9.85. The minimum absolute atomic E-state index is 0.322. The first-order valence-corrected chi connectivity index (χ1v) is 6.24. The molecule has 1 aromatic carbocycles. The summed E-state index contributed by atoms with van der Waals surface area (Å²) in [5.41, 5.74) is -13.3. The van der Waals surface area contributed by atoms with Gasteiger partial charge in [-0.15, -0.1) is 0 Å². The van der Waals surface area contributed by atoms with Gasteiger partial charge in [-0.05, 0) is 18.2 Å². The van der Waals surface area contributed by atoms with Gasteiger partial charge in [-0.25, -0.2) is 0 Å². The lowest BCUT2D eigenvalue weighted by molar-refractivity contribution is -0.378. The molecule has 0 aliphatic heterocycles. The highest BCUT2D eigenvalue weighted by Crippen LogP contribution is 2.54. The molecule has 156 valence electrons. The fourth-order valence-corrected chi connectivity index (χ4v) is 2.05. The van der Waals surface area contributed by atoms with E-state index in [1.807, 2.05) is 0 Å². The molecule has 4 N–H and O–H groups in total. The van der Waals surface area contributed by atoms with Crippen LogP contribution >= 0.6 is 0 Å². The van der Waals surface area contributed by atoms with E-state index in [9.17, 15) is 52.7 Å². The van der Waals surface area contributed by atoms with Crippen LogP contribution in [0.4, 0.5) is 58.4 Å². The summed E-state index contributed by atoms with van der Waals surface area (Å²) in [5, 5.41) is 18.3. The standard InChI is InChI=1S/C12H7F12NO2/c13-9(14,15)7(26,10(16,17)18)4-1-5(3-6(25)2-4)8(27,11(19,20)21)12(22,23)24/h1-3,26-27H,25H2. The maximum absolute atomic E-state index is 12.8. The van der Waals surface area contributed by atoms with Crippen molar-refractivity contribution in [3.05, 3.63) is 29.3 Å². The summed E-state index contributed by atoms with van der Waals surface area (Å²) in [6.45, 7) is 0. The van der Waals surface area contributed by atoms with Crippen LogP contribution in [0.3, 0.4) is 0 Å². The van der Waals surface area contributed by atoms with E-state index in [0.717, 1.165) is 0 Å². The van der Waals surface area contributed by atoms with Gasteiger partial charge in [0.15, 0.2) is 0 Å². The van der Waals surface area contributed by atoms with Crippen LogP contribution in [-0.2, 0) is 11.2 Å². The fourth-order valence-electron chi connectivity index (χ4n) is 2.05. The largest absolute Gasteiger partial charge is 0.430 e. The Kier molecular flexibility index (Phi) is 5.19. The number of anilines is 1. The summed E-state index contributed by atoms with van der Waals surface area (Å²) in [6.07, 6.45) is -26.4. The molecule has 1 rings (SSSR count). The van der Waals surface area contributed by atoms with Gasteiger partial charge in [-0.1, -0.05) is 0 Å². The molecular weight excluding hydrogens is 418 g/mol. The molecule has 3 nitrogen and oxygen atoms in total. The molecule has 0 fully saturated rings. The van der Waals surface area contributed by atoms with Crippen LogP contribution in [0.5, 0.6) is 0 Å². The number of nitrogen functional groups attached to an aromatic ring is 1. The van der Waals surface area contributed by atoms with Gasteiger partial charge in [-0.2, -0.15) is 52.7 Å². The molecule has 1 aromatic rings. The third-order valence-electron chi connectivity index (χ3n) is 3.43. The second-order valence-electron chi connectivity index (χ2n) is 5.26. The second-order valence-corrected chi connectivity index (χ2v) is 5.26. The molecule has 0 unspecified atom stereocenters. The smallest absolute Gasteiger partial charge is 0.399 e. The summed E-state index contributed by atoms with van der Waals surface area (Å²) in [7, 11) is 0. The van der Waals surface area contributed by atoms with Crippen molar-refractivity contribution in [2.75, 3.05) is 5.73 Å². The predicted octanol–water partition coefficient (Wildman–Crippen LogP) is 3.89. The minimum Gasteiger partial charge on any atom is -0.399 e. The van der Waals surface area contributed by atoms with Crippen molar-refractivity contribution in [1.29, 1.82) is 0 Å². The molecule has 0 bridgehead atoms. The Morgan fingerprint density at radius 3 is 0.926 bits per heavy atom. The Morgan fingerprint density at radius 1 is 0.519 bits per heavy atom. The number of rotatable bonds is 2. The summed E-state index contributed by atoms with van der Waals surface area (Å²) in [6, 6.07) is -1.56. The number of aliphatic hydroxyl groups is 2. The Balaban J connectivity index is 3.94. The zero-order chi connectivity index (χ0) is 21.9. The van der Waals surface area contributed by atoms with Crippen molar-refractivity contribution in [1.82, 2.24) is 0 Å². The van der Waals surface area contributed by atoms with E-state index in [-0.39, 0.29) is 12.1 Å². The molecule has 0 amide bonds. The molecule has 0 spiro atoms. The van der Waals surface area contributed by atoms with Crippen molar-refractivity contribution >= 4 is 5.69 Å². The number of hydrogen-bond donors (Lipinski definition) is 3. The second kappa shape index (κ2) is 6.05. The molecule has 0 aromatic heterocycles. The third-order valence-corrected chi connectivity index (χ3v) is 3.43. The molecular formula is C12H7F12NO2. The van der Waals surface area contributed by atoms with Gasteiger partial charge < -0.3 is 15.9 Å². The number of alkyl halides is 12. The van der Waals surface area contributed by atoms with E-state index in [2.05, 4.69) is 0 Å². The number of nitrogens with two attached hydrogens (primary N) is 1. The average Bonchev–Trinajstić information content (AvgIpc) is 2.39. The topological polar surface area (TPSA) is 66.5 Å². The molecule has 27 heavy (non-hydrogen) atoms. The van der Waals surface area contributed by atoms with Gasteiger partial charge in [0.1, 0.15) is 0 Å². The van der Waals surface area contributed by atoms with Crippen molar-refractivity contribution < 1.29 is 62.9 Å². The van der Waals surface area contributed by atoms with Crippen LogP contribution in [0.25, 0.3) is 0 Å². The predicted molar refractivity (Wildman–Crippen MR) is 62.9 cm³/mol. The SMILES string of the molecule is Nc1cc(C(O)(C(F)(F)F)C(F)(F)F)cc(C(O)(C(F)(F)F)C(F)(F)F)c1. The monoisotopic (exact) mass is 425 g/mol. The molecule has 0 atom stereocenters. The number of benzene rings is 1. The van der Waals surface area contributed by atoms with E-state index in [1.54, 1.807) is 0 Å². The summed E-state index contributed by atoms with van der Waals surface area (Å²) in [5.74, 6) is 0. The van der Waals surface area contributed by atoms with Crippen LogP contribution in [0, 0.1) is 0 Å². The number of halogens is 12. The zero-order valence-electron chi connectivity index (χ0n) is 12.2. The van der Waals surface area contributed by atoms with Gasteiger partial charge in [0.05, 0.1) is 0 Å². The Hall–Kier alpha value is -1.90. The molecule has 0 aliphatic carbocycles. The highest BCUT2D eigenvalue weighted by atomic mass is 19.4. The highest BCUT2D eigenvalue weighted by Gasteiger charge is 2.74. The van der Waals surface area contributed by atoms with Gasteiger partial charge in [0.25, 0.3) is 11.2 Å². The minimum atomic E-state index is -6.61. The summed E-state index contributed by atoms with van der Waals surface area (Å²) < 4.78 is 154. The first-order valence-electron chi connectivity index (χ1n) is 6.24. The van der Waals surface area contributed by atoms with E-state index in [1.165, 1.54) is 0 Å². The van der Waals surface area contributed by atoms with Crippen LogP contribution in [-0.4, -0.2) is 34.9 Å². The van der Waals surface area contributed by atoms with Gasteiger partial charge in [-0.3, -0.25) is 0 Å². The quantitative estimate of drug-likeness (QED) is 0.498. The van der Waals surface area contributed by atoms with Crippen LogP contribution in [0.15, 0.2) is 18.2 Å². The molecule has 0 saturated heterocycles. The first kappa shape index (κ1) is 23.1. The average molecular weight is 425 g/mol.